The van der Waals surface area contributed by atoms with Crippen LogP contribution in [0.5, 0.6) is 0 Å². The molecule has 0 aromatic heterocycles. The first-order valence-electron chi connectivity index (χ1n) is 8.17. The van der Waals surface area contributed by atoms with Crippen molar-refractivity contribution in [3.8, 4) is 0 Å². The van der Waals surface area contributed by atoms with Crippen LogP contribution in [0.2, 0.25) is 0 Å². The van der Waals surface area contributed by atoms with E-state index in [0.29, 0.717) is 5.56 Å². The third-order valence-electron chi connectivity index (χ3n) is 4.00. The molecule has 0 aliphatic rings. The molecule has 22 heavy (non-hydrogen) atoms. The van der Waals surface area contributed by atoms with Crippen molar-refractivity contribution in [3.63, 3.8) is 0 Å². The highest BCUT2D eigenvalue weighted by Gasteiger charge is 2.08. The van der Waals surface area contributed by atoms with Crippen LogP contribution < -0.4 is 4.90 Å². The van der Waals surface area contributed by atoms with Crippen molar-refractivity contribution in [2.45, 2.75) is 39.5 Å². The number of rotatable bonds is 8. The fourth-order valence-corrected chi connectivity index (χ4v) is 2.63. The van der Waals surface area contributed by atoms with Crippen LogP contribution in [0.15, 0.2) is 36.4 Å². The van der Waals surface area contributed by atoms with E-state index >= 15 is 0 Å². The van der Waals surface area contributed by atoms with E-state index in [1.165, 1.54) is 31.4 Å². The van der Waals surface area contributed by atoms with Gasteiger partial charge in [0.15, 0.2) is 0 Å². The first kappa shape index (κ1) is 16.3. The molecule has 3 nitrogen and oxygen atoms in total. The molecule has 1 N–H and O–H groups in total. The average molecular weight is 299 g/mol. The second-order valence-corrected chi connectivity index (χ2v) is 5.75. The standard InChI is InChI=1S/C19H25NO2/c1-3-5-11-20(12-6-4-2)18-10-9-15-13-17(19(21)22)8-7-16(15)14-18/h7-10,13-14H,3-6,11-12H2,1-2H3,(H,21,22). The molecule has 0 saturated carbocycles. The number of carboxylic acids is 1. The van der Waals surface area contributed by atoms with Crippen LogP contribution in [-0.4, -0.2) is 24.2 Å². The predicted octanol–water partition coefficient (Wildman–Crippen LogP) is 4.94. The molecule has 0 atom stereocenters. The fourth-order valence-electron chi connectivity index (χ4n) is 2.63. The molecule has 2 aromatic carbocycles. The Bertz CT molecular complexity index is 628. The summed E-state index contributed by atoms with van der Waals surface area (Å²) in [5, 5.41) is 11.2. The Hall–Kier alpha value is -2.03. The third-order valence-corrected chi connectivity index (χ3v) is 4.00. The molecule has 118 valence electrons. The summed E-state index contributed by atoms with van der Waals surface area (Å²) in [7, 11) is 0. The molecule has 0 unspecified atom stereocenters. The van der Waals surface area contributed by atoms with E-state index < -0.39 is 5.97 Å². The number of aromatic carboxylic acids is 1. The van der Waals surface area contributed by atoms with Gasteiger partial charge in [-0.3, -0.25) is 0 Å². The number of carbonyl (C=O) groups is 1. The molecular formula is C19H25NO2. The van der Waals surface area contributed by atoms with Crippen molar-refractivity contribution in [1.82, 2.24) is 0 Å². The Morgan fingerprint density at radius 1 is 0.955 bits per heavy atom. The lowest BCUT2D eigenvalue weighted by molar-refractivity contribution is 0.0697. The van der Waals surface area contributed by atoms with Gasteiger partial charge in [0.05, 0.1) is 5.56 Å². The summed E-state index contributed by atoms with van der Waals surface area (Å²) in [4.78, 5) is 13.5. The van der Waals surface area contributed by atoms with Gasteiger partial charge >= 0.3 is 5.97 Å². The molecule has 0 amide bonds. The quantitative estimate of drug-likeness (QED) is 0.750. The van der Waals surface area contributed by atoms with Crippen LogP contribution in [0.25, 0.3) is 10.8 Å². The summed E-state index contributed by atoms with van der Waals surface area (Å²) in [6.07, 6.45) is 4.77. The molecule has 0 bridgehead atoms. The molecule has 0 saturated heterocycles. The van der Waals surface area contributed by atoms with E-state index in [1.807, 2.05) is 12.1 Å². The molecule has 0 heterocycles. The zero-order valence-corrected chi connectivity index (χ0v) is 13.5. The molecule has 2 aromatic rings. The van der Waals surface area contributed by atoms with Gasteiger partial charge in [0.1, 0.15) is 0 Å². The van der Waals surface area contributed by atoms with Gasteiger partial charge in [0, 0.05) is 18.8 Å². The average Bonchev–Trinajstić information content (AvgIpc) is 2.54. The first-order valence-corrected chi connectivity index (χ1v) is 8.17. The van der Waals surface area contributed by atoms with E-state index in [9.17, 15) is 4.79 Å². The van der Waals surface area contributed by atoms with Crippen molar-refractivity contribution >= 4 is 22.4 Å². The number of hydrogen-bond acceptors (Lipinski definition) is 2. The van der Waals surface area contributed by atoms with Crippen LogP contribution >= 0.6 is 0 Å². The van der Waals surface area contributed by atoms with Crippen LogP contribution in [0.1, 0.15) is 49.9 Å². The molecule has 2 rings (SSSR count). The second kappa shape index (κ2) is 7.83. The lowest BCUT2D eigenvalue weighted by Gasteiger charge is -2.25. The minimum absolute atomic E-state index is 0.342. The summed E-state index contributed by atoms with van der Waals surface area (Å²) in [6.45, 7) is 6.59. The van der Waals surface area contributed by atoms with Crippen molar-refractivity contribution in [3.05, 3.63) is 42.0 Å². The van der Waals surface area contributed by atoms with E-state index in [0.717, 1.165) is 23.9 Å². The van der Waals surface area contributed by atoms with Crippen LogP contribution in [0, 0.1) is 0 Å². The smallest absolute Gasteiger partial charge is 0.335 e. The highest BCUT2D eigenvalue weighted by atomic mass is 16.4. The molecular weight excluding hydrogens is 274 g/mol. The zero-order chi connectivity index (χ0) is 15.9. The number of anilines is 1. The molecule has 0 aliphatic carbocycles. The lowest BCUT2D eigenvalue weighted by atomic mass is 10.1. The second-order valence-electron chi connectivity index (χ2n) is 5.75. The Morgan fingerprint density at radius 3 is 2.14 bits per heavy atom. The van der Waals surface area contributed by atoms with Crippen molar-refractivity contribution < 1.29 is 9.90 Å². The summed E-state index contributed by atoms with van der Waals surface area (Å²) >= 11 is 0. The number of carboxylic acid groups (broad SMARTS) is 1. The van der Waals surface area contributed by atoms with E-state index in [2.05, 4.69) is 30.9 Å². The Morgan fingerprint density at radius 2 is 1.55 bits per heavy atom. The zero-order valence-electron chi connectivity index (χ0n) is 13.5. The van der Waals surface area contributed by atoms with Gasteiger partial charge < -0.3 is 10.0 Å². The molecule has 0 fully saturated rings. The van der Waals surface area contributed by atoms with Crippen molar-refractivity contribution in [1.29, 1.82) is 0 Å². The van der Waals surface area contributed by atoms with Gasteiger partial charge in [-0.25, -0.2) is 4.79 Å². The maximum absolute atomic E-state index is 11.0. The molecule has 0 radical (unpaired) electrons. The van der Waals surface area contributed by atoms with Crippen LogP contribution in [0.3, 0.4) is 0 Å². The fraction of sp³-hybridized carbons (Fsp3) is 0.421. The maximum atomic E-state index is 11.0. The van der Waals surface area contributed by atoms with E-state index in [1.54, 1.807) is 12.1 Å². The van der Waals surface area contributed by atoms with E-state index in [4.69, 9.17) is 5.11 Å². The van der Waals surface area contributed by atoms with E-state index in [-0.39, 0.29) is 0 Å². The SMILES string of the molecule is CCCCN(CCCC)c1ccc2cc(C(=O)O)ccc2c1. The predicted molar refractivity (Wildman–Crippen MR) is 92.9 cm³/mol. The van der Waals surface area contributed by atoms with Gasteiger partial charge in [-0.1, -0.05) is 38.8 Å². The van der Waals surface area contributed by atoms with Crippen molar-refractivity contribution in [2.75, 3.05) is 18.0 Å². The molecule has 0 aliphatic heterocycles. The monoisotopic (exact) mass is 299 g/mol. The van der Waals surface area contributed by atoms with Gasteiger partial charge in [-0.2, -0.15) is 0 Å². The Kier molecular flexibility index (Phi) is 5.82. The highest BCUT2D eigenvalue weighted by molar-refractivity contribution is 5.95. The normalized spacial score (nSPS) is 10.8. The van der Waals surface area contributed by atoms with Crippen LogP contribution in [0.4, 0.5) is 5.69 Å². The van der Waals surface area contributed by atoms with Gasteiger partial charge in [0.25, 0.3) is 0 Å². The number of fused-ring (bicyclic) bond motifs is 1. The van der Waals surface area contributed by atoms with Gasteiger partial charge in [-0.15, -0.1) is 0 Å². The number of unbranched alkanes of at least 4 members (excludes halogenated alkanes) is 2. The largest absolute Gasteiger partial charge is 0.478 e. The molecule has 3 heteroatoms. The Balaban J connectivity index is 2.28. The van der Waals surface area contributed by atoms with Gasteiger partial charge in [-0.05, 0) is 47.9 Å². The first-order chi connectivity index (χ1) is 10.7. The van der Waals surface area contributed by atoms with Crippen LogP contribution in [-0.2, 0) is 0 Å². The minimum Gasteiger partial charge on any atom is -0.478 e. The minimum atomic E-state index is -0.876. The Labute approximate surface area is 132 Å². The molecule has 0 spiro atoms. The number of hydrogen-bond donors (Lipinski definition) is 1. The number of benzene rings is 2. The summed E-state index contributed by atoms with van der Waals surface area (Å²) < 4.78 is 0. The summed E-state index contributed by atoms with van der Waals surface area (Å²) in [6, 6.07) is 11.6. The third kappa shape index (κ3) is 4.00. The van der Waals surface area contributed by atoms with Gasteiger partial charge in [0.2, 0.25) is 0 Å². The highest BCUT2D eigenvalue weighted by Crippen LogP contribution is 2.24. The summed E-state index contributed by atoms with van der Waals surface area (Å²) in [5.41, 5.74) is 1.58. The lowest BCUT2D eigenvalue weighted by Crippen LogP contribution is -2.25. The van der Waals surface area contributed by atoms with Crippen molar-refractivity contribution in [2.24, 2.45) is 0 Å². The maximum Gasteiger partial charge on any atom is 0.335 e. The number of nitrogens with zero attached hydrogens (tertiary/aromatic N) is 1. The summed E-state index contributed by atoms with van der Waals surface area (Å²) in [5.74, 6) is -0.876. The topological polar surface area (TPSA) is 40.5 Å².